The molecule has 0 aliphatic heterocycles. The summed E-state index contributed by atoms with van der Waals surface area (Å²) < 4.78 is 0.731. The van der Waals surface area contributed by atoms with Crippen LogP contribution in [-0.4, -0.2) is 27.7 Å². The first-order valence-corrected chi connectivity index (χ1v) is 6.27. The maximum Gasteiger partial charge on any atom is 0.221 e. The Kier molecular flexibility index (Phi) is 4.70. The normalized spacial score (nSPS) is 13.5. The van der Waals surface area contributed by atoms with Crippen molar-refractivity contribution in [3.8, 4) is 0 Å². The highest BCUT2D eigenvalue weighted by molar-refractivity contribution is 9.10. The Balaban J connectivity index is 2.53. The molecule has 0 aliphatic rings. The topological polar surface area (TPSA) is 84.1 Å². The second kappa shape index (κ2) is 5.64. The van der Waals surface area contributed by atoms with Gasteiger partial charge >= 0.3 is 0 Å². The van der Waals surface area contributed by atoms with Crippen LogP contribution in [-0.2, 0) is 0 Å². The van der Waals surface area contributed by atoms with Crippen LogP contribution in [0.15, 0.2) is 10.7 Å². The molecule has 1 aromatic heterocycles. The van der Waals surface area contributed by atoms with Gasteiger partial charge in [0.2, 0.25) is 5.95 Å². The van der Waals surface area contributed by atoms with Gasteiger partial charge in [-0.2, -0.15) is 4.98 Å². The smallest absolute Gasteiger partial charge is 0.221 e. The van der Waals surface area contributed by atoms with Crippen molar-refractivity contribution >= 4 is 27.7 Å². The van der Waals surface area contributed by atoms with Crippen LogP contribution < -0.4 is 11.1 Å². The number of aromatic nitrogens is 2. The maximum absolute atomic E-state index is 9.85. The minimum absolute atomic E-state index is 0.100. The summed E-state index contributed by atoms with van der Waals surface area (Å²) in [5, 5.41) is 12.9. The molecular formula is C11H19BrN4O. The van der Waals surface area contributed by atoms with Gasteiger partial charge in [-0.05, 0) is 27.8 Å². The molecule has 0 aromatic carbocycles. The van der Waals surface area contributed by atoms with Crippen LogP contribution in [0.2, 0.25) is 0 Å². The van der Waals surface area contributed by atoms with Crippen molar-refractivity contribution in [2.45, 2.75) is 33.3 Å². The summed E-state index contributed by atoms with van der Waals surface area (Å²) in [5.41, 5.74) is 5.59. The number of nitrogens with zero attached hydrogens (tertiary/aromatic N) is 2. The standard InChI is InChI=1S/C11H19BrN4O/c1-11(2,3)4-7(17)5-14-9-8(12)6-15-10(13)16-9/h6-7,17H,4-5H2,1-3H3,(H3,13,14,15,16). The van der Waals surface area contributed by atoms with Crippen LogP contribution in [0.4, 0.5) is 11.8 Å². The molecule has 0 amide bonds. The van der Waals surface area contributed by atoms with Gasteiger partial charge in [0.15, 0.2) is 0 Å². The lowest BCUT2D eigenvalue weighted by Gasteiger charge is -2.22. The fourth-order valence-corrected chi connectivity index (χ4v) is 1.83. The van der Waals surface area contributed by atoms with Gasteiger partial charge in [-0.15, -0.1) is 0 Å². The summed E-state index contributed by atoms with van der Waals surface area (Å²) in [5.74, 6) is 0.812. The van der Waals surface area contributed by atoms with Gasteiger partial charge in [0, 0.05) is 12.7 Å². The number of halogens is 1. The third-order valence-corrected chi connectivity index (χ3v) is 2.70. The van der Waals surface area contributed by atoms with E-state index in [1.807, 2.05) is 0 Å². The minimum Gasteiger partial charge on any atom is -0.391 e. The predicted octanol–water partition coefficient (Wildman–Crippen LogP) is 2.03. The number of nitrogen functional groups attached to an aromatic ring is 1. The van der Waals surface area contributed by atoms with Gasteiger partial charge in [0.05, 0.1) is 10.6 Å². The van der Waals surface area contributed by atoms with Gasteiger partial charge in [0.1, 0.15) is 5.82 Å². The summed E-state index contributed by atoms with van der Waals surface area (Å²) in [6, 6.07) is 0. The molecule has 1 aromatic rings. The molecule has 0 saturated carbocycles. The summed E-state index contributed by atoms with van der Waals surface area (Å²) in [7, 11) is 0. The van der Waals surface area contributed by atoms with Gasteiger partial charge in [-0.3, -0.25) is 0 Å². The van der Waals surface area contributed by atoms with Crippen LogP contribution in [0.5, 0.6) is 0 Å². The maximum atomic E-state index is 9.85. The van der Waals surface area contributed by atoms with Crippen LogP contribution >= 0.6 is 15.9 Å². The highest BCUT2D eigenvalue weighted by Gasteiger charge is 2.16. The van der Waals surface area contributed by atoms with Gasteiger partial charge in [0.25, 0.3) is 0 Å². The summed E-state index contributed by atoms with van der Waals surface area (Å²) in [6.45, 7) is 6.71. The summed E-state index contributed by atoms with van der Waals surface area (Å²) in [4.78, 5) is 7.88. The Morgan fingerprint density at radius 1 is 1.53 bits per heavy atom. The van der Waals surface area contributed by atoms with Crippen LogP contribution in [0.25, 0.3) is 0 Å². The highest BCUT2D eigenvalue weighted by Crippen LogP contribution is 2.22. The van der Waals surface area contributed by atoms with Gasteiger partial charge in [-0.1, -0.05) is 20.8 Å². The number of aliphatic hydroxyl groups excluding tert-OH is 1. The van der Waals surface area contributed by atoms with E-state index in [-0.39, 0.29) is 11.4 Å². The van der Waals surface area contributed by atoms with E-state index >= 15 is 0 Å². The molecular weight excluding hydrogens is 284 g/mol. The van der Waals surface area contributed by atoms with Crippen LogP contribution in [0.3, 0.4) is 0 Å². The lowest BCUT2D eigenvalue weighted by Crippen LogP contribution is -2.25. The average molecular weight is 303 g/mol. The second-order valence-corrected chi connectivity index (χ2v) is 6.08. The van der Waals surface area contributed by atoms with Gasteiger partial charge in [-0.25, -0.2) is 4.98 Å². The van der Waals surface area contributed by atoms with E-state index in [0.717, 1.165) is 10.9 Å². The first kappa shape index (κ1) is 14.2. The quantitative estimate of drug-likeness (QED) is 0.792. The Hall–Kier alpha value is -0.880. The fourth-order valence-electron chi connectivity index (χ4n) is 1.50. The second-order valence-electron chi connectivity index (χ2n) is 5.22. The number of aliphatic hydroxyl groups is 1. The van der Waals surface area contributed by atoms with E-state index in [1.54, 1.807) is 6.20 Å². The van der Waals surface area contributed by atoms with Gasteiger partial charge < -0.3 is 16.2 Å². The molecule has 4 N–H and O–H groups in total. The molecule has 1 atom stereocenters. The predicted molar refractivity (Wildman–Crippen MR) is 72.7 cm³/mol. The molecule has 0 bridgehead atoms. The molecule has 1 rings (SSSR count). The van der Waals surface area contributed by atoms with Crippen molar-refractivity contribution in [1.82, 2.24) is 9.97 Å². The molecule has 0 fully saturated rings. The lowest BCUT2D eigenvalue weighted by molar-refractivity contribution is 0.132. The van der Waals surface area contributed by atoms with Crippen molar-refractivity contribution < 1.29 is 5.11 Å². The fraction of sp³-hybridized carbons (Fsp3) is 0.636. The molecule has 0 spiro atoms. The van der Waals surface area contributed by atoms with E-state index in [9.17, 15) is 5.11 Å². The SMILES string of the molecule is CC(C)(C)CC(O)CNc1nc(N)ncc1Br. The first-order chi connectivity index (χ1) is 7.78. The van der Waals surface area contributed by atoms with E-state index in [2.05, 4.69) is 52.0 Å². The lowest BCUT2D eigenvalue weighted by atomic mass is 9.89. The summed E-state index contributed by atoms with van der Waals surface area (Å²) >= 11 is 3.32. The molecule has 6 heteroatoms. The third-order valence-electron chi connectivity index (χ3n) is 2.12. The molecule has 1 unspecified atom stereocenters. The molecule has 0 saturated heterocycles. The van der Waals surface area contributed by atoms with Crippen molar-refractivity contribution in [2.24, 2.45) is 5.41 Å². The Bertz CT molecular complexity index is 378. The number of hydrogen-bond donors (Lipinski definition) is 3. The average Bonchev–Trinajstić information content (AvgIpc) is 2.17. The minimum atomic E-state index is -0.418. The van der Waals surface area contributed by atoms with E-state index in [1.165, 1.54) is 0 Å². The number of hydrogen-bond acceptors (Lipinski definition) is 5. The van der Waals surface area contributed by atoms with E-state index in [4.69, 9.17) is 5.73 Å². The number of anilines is 2. The third kappa shape index (κ3) is 5.32. The summed E-state index contributed by atoms with van der Waals surface area (Å²) in [6.07, 6.45) is 1.89. The first-order valence-electron chi connectivity index (χ1n) is 5.48. The Labute approximate surface area is 110 Å². The van der Waals surface area contributed by atoms with Crippen LogP contribution in [0, 0.1) is 5.41 Å². The largest absolute Gasteiger partial charge is 0.391 e. The highest BCUT2D eigenvalue weighted by atomic mass is 79.9. The molecule has 1 heterocycles. The Morgan fingerprint density at radius 2 is 2.18 bits per heavy atom. The zero-order chi connectivity index (χ0) is 13.1. The Morgan fingerprint density at radius 3 is 2.76 bits per heavy atom. The number of nitrogens with two attached hydrogens (primary N) is 1. The van der Waals surface area contributed by atoms with Crippen molar-refractivity contribution in [2.75, 3.05) is 17.6 Å². The number of rotatable bonds is 4. The van der Waals surface area contributed by atoms with Crippen molar-refractivity contribution in [1.29, 1.82) is 0 Å². The van der Waals surface area contributed by atoms with E-state index < -0.39 is 6.10 Å². The molecule has 0 aliphatic carbocycles. The zero-order valence-electron chi connectivity index (χ0n) is 10.4. The van der Waals surface area contributed by atoms with E-state index in [0.29, 0.717) is 12.4 Å². The molecule has 17 heavy (non-hydrogen) atoms. The molecule has 5 nitrogen and oxygen atoms in total. The molecule has 96 valence electrons. The van der Waals surface area contributed by atoms with Crippen LogP contribution in [0.1, 0.15) is 27.2 Å². The zero-order valence-corrected chi connectivity index (χ0v) is 12.0. The van der Waals surface area contributed by atoms with Crippen molar-refractivity contribution in [3.05, 3.63) is 10.7 Å². The van der Waals surface area contributed by atoms with Crippen molar-refractivity contribution in [3.63, 3.8) is 0 Å². The monoisotopic (exact) mass is 302 g/mol. The molecule has 0 radical (unpaired) electrons. The number of nitrogens with one attached hydrogen (secondary N) is 1.